The Morgan fingerprint density at radius 1 is 1.17 bits per heavy atom. The zero-order chi connectivity index (χ0) is 13.2. The SMILES string of the molecule is CCCn1ccn(CCNCCCOCC)c1=O. The summed E-state index contributed by atoms with van der Waals surface area (Å²) in [6, 6.07) is 0. The fourth-order valence-electron chi connectivity index (χ4n) is 1.80. The Bertz CT molecular complexity index is 371. The minimum Gasteiger partial charge on any atom is -0.382 e. The Labute approximate surface area is 109 Å². The van der Waals surface area contributed by atoms with Gasteiger partial charge in [0.05, 0.1) is 0 Å². The summed E-state index contributed by atoms with van der Waals surface area (Å²) in [5, 5.41) is 3.31. The van der Waals surface area contributed by atoms with Crippen LogP contribution in [0.5, 0.6) is 0 Å². The van der Waals surface area contributed by atoms with E-state index in [1.807, 2.05) is 19.3 Å². The van der Waals surface area contributed by atoms with E-state index in [0.29, 0.717) is 0 Å². The van der Waals surface area contributed by atoms with Crippen LogP contribution in [0.3, 0.4) is 0 Å². The van der Waals surface area contributed by atoms with Gasteiger partial charge in [-0.15, -0.1) is 0 Å². The first kappa shape index (κ1) is 15.0. The molecule has 0 radical (unpaired) electrons. The number of rotatable bonds is 10. The number of hydrogen-bond donors (Lipinski definition) is 1. The van der Waals surface area contributed by atoms with E-state index in [0.717, 1.165) is 52.2 Å². The molecule has 1 N–H and O–H groups in total. The standard InChI is InChI=1S/C13H25N3O2/c1-3-8-15-10-11-16(13(15)17)9-7-14-6-5-12-18-4-2/h10-11,14H,3-9,12H2,1-2H3. The summed E-state index contributed by atoms with van der Waals surface area (Å²) < 4.78 is 8.76. The molecule has 0 aliphatic carbocycles. The summed E-state index contributed by atoms with van der Waals surface area (Å²) in [5.74, 6) is 0. The number of imidazole rings is 1. The minimum absolute atomic E-state index is 0.0907. The normalized spacial score (nSPS) is 11.0. The van der Waals surface area contributed by atoms with Crippen LogP contribution in [-0.2, 0) is 17.8 Å². The van der Waals surface area contributed by atoms with E-state index in [2.05, 4.69) is 12.2 Å². The van der Waals surface area contributed by atoms with E-state index >= 15 is 0 Å². The van der Waals surface area contributed by atoms with Crippen LogP contribution >= 0.6 is 0 Å². The zero-order valence-electron chi connectivity index (χ0n) is 11.5. The molecule has 1 heterocycles. The average molecular weight is 255 g/mol. The van der Waals surface area contributed by atoms with Gasteiger partial charge in [-0.2, -0.15) is 0 Å². The monoisotopic (exact) mass is 255 g/mol. The van der Waals surface area contributed by atoms with Gasteiger partial charge in [0.15, 0.2) is 0 Å². The first-order valence-corrected chi connectivity index (χ1v) is 6.83. The molecule has 0 unspecified atom stereocenters. The van der Waals surface area contributed by atoms with Gasteiger partial charge in [0.2, 0.25) is 0 Å². The number of hydrogen-bond acceptors (Lipinski definition) is 3. The van der Waals surface area contributed by atoms with Crippen molar-refractivity contribution in [2.24, 2.45) is 0 Å². The topological polar surface area (TPSA) is 48.2 Å². The molecule has 0 saturated heterocycles. The van der Waals surface area contributed by atoms with Crippen molar-refractivity contribution in [1.82, 2.24) is 14.5 Å². The van der Waals surface area contributed by atoms with Gasteiger partial charge >= 0.3 is 5.69 Å². The second-order valence-electron chi connectivity index (χ2n) is 4.27. The average Bonchev–Trinajstić information content (AvgIpc) is 2.71. The van der Waals surface area contributed by atoms with Crippen molar-refractivity contribution < 1.29 is 4.74 Å². The second kappa shape index (κ2) is 8.94. The quantitative estimate of drug-likeness (QED) is 0.636. The van der Waals surface area contributed by atoms with Crippen molar-refractivity contribution >= 4 is 0 Å². The molecule has 1 aromatic rings. The summed E-state index contributed by atoms with van der Waals surface area (Å²) in [7, 11) is 0. The Hall–Kier alpha value is -1.07. The molecular weight excluding hydrogens is 230 g/mol. The fraction of sp³-hybridized carbons (Fsp3) is 0.769. The third-order valence-electron chi connectivity index (χ3n) is 2.76. The van der Waals surface area contributed by atoms with Gasteiger partial charge in [-0.1, -0.05) is 6.92 Å². The molecule has 0 fully saturated rings. The van der Waals surface area contributed by atoms with Crippen LogP contribution in [0.1, 0.15) is 26.7 Å². The molecule has 0 bridgehead atoms. The second-order valence-corrected chi connectivity index (χ2v) is 4.27. The van der Waals surface area contributed by atoms with E-state index in [1.165, 1.54) is 0 Å². The molecule has 0 spiro atoms. The molecule has 0 aliphatic heterocycles. The maximum atomic E-state index is 11.8. The van der Waals surface area contributed by atoms with Crippen molar-refractivity contribution in [3.05, 3.63) is 22.9 Å². The number of ether oxygens (including phenoxy) is 1. The van der Waals surface area contributed by atoms with Crippen molar-refractivity contribution in [1.29, 1.82) is 0 Å². The van der Waals surface area contributed by atoms with Crippen LogP contribution in [0, 0.1) is 0 Å². The van der Waals surface area contributed by atoms with Gasteiger partial charge in [-0.05, 0) is 26.3 Å². The lowest BCUT2D eigenvalue weighted by Crippen LogP contribution is -2.29. The molecule has 104 valence electrons. The molecule has 0 saturated carbocycles. The Kier molecular flexibility index (Phi) is 7.44. The summed E-state index contributed by atoms with van der Waals surface area (Å²) in [6.07, 6.45) is 5.72. The molecule has 18 heavy (non-hydrogen) atoms. The summed E-state index contributed by atoms with van der Waals surface area (Å²) in [4.78, 5) is 11.8. The first-order chi connectivity index (χ1) is 8.79. The van der Waals surface area contributed by atoms with Crippen LogP contribution in [0.15, 0.2) is 17.2 Å². The molecule has 1 aromatic heterocycles. The maximum absolute atomic E-state index is 11.8. The highest BCUT2D eigenvalue weighted by molar-refractivity contribution is 4.81. The number of nitrogens with zero attached hydrogens (tertiary/aromatic N) is 2. The Morgan fingerprint density at radius 2 is 1.89 bits per heavy atom. The summed E-state index contributed by atoms with van der Waals surface area (Å²) >= 11 is 0. The largest absolute Gasteiger partial charge is 0.382 e. The van der Waals surface area contributed by atoms with Crippen molar-refractivity contribution in [2.45, 2.75) is 39.8 Å². The third-order valence-corrected chi connectivity index (χ3v) is 2.76. The van der Waals surface area contributed by atoms with E-state index in [1.54, 1.807) is 9.13 Å². The van der Waals surface area contributed by atoms with E-state index in [9.17, 15) is 4.79 Å². The molecule has 0 amide bonds. The highest BCUT2D eigenvalue weighted by Crippen LogP contribution is 1.88. The zero-order valence-corrected chi connectivity index (χ0v) is 11.5. The lowest BCUT2D eigenvalue weighted by atomic mass is 10.4. The van der Waals surface area contributed by atoms with Gasteiger partial charge in [0, 0.05) is 45.2 Å². The molecule has 1 rings (SSSR count). The van der Waals surface area contributed by atoms with Gasteiger partial charge < -0.3 is 10.1 Å². The molecular formula is C13H25N3O2. The number of nitrogens with one attached hydrogen (secondary N) is 1. The molecule has 0 atom stereocenters. The van der Waals surface area contributed by atoms with Crippen molar-refractivity contribution in [2.75, 3.05) is 26.3 Å². The predicted octanol–water partition coefficient (Wildman–Crippen LogP) is 1.08. The van der Waals surface area contributed by atoms with Gasteiger partial charge in [0.25, 0.3) is 0 Å². The predicted molar refractivity (Wildman–Crippen MR) is 73.0 cm³/mol. The summed E-state index contributed by atoms with van der Waals surface area (Å²) in [6.45, 7) is 8.94. The highest BCUT2D eigenvalue weighted by atomic mass is 16.5. The van der Waals surface area contributed by atoms with Gasteiger partial charge in [-0.25, -0.2) is 4.79 Å². The highest BCUT2D eigenvalue weighted by Gasteiger charge is 2.01. The molecule has 0 aliphatic rings. The van der Waals surface area contributed by atoms with Crippen LogP contribution in [0.25, 0.3) is 0 Å². The van der Waals surface area contributed by atoms with Crippen LogP contribution in [0.2, 0.25) is 0 Å². The number of aromatic nitrogens is 2. The first-order valence-electron chi connectivity index (χ1n) is 6.83. The van der Waals surface area contributed by atoms with Crippen LogP contribution in [-0.4, -0.2) is 35.4 Å². The van der Waals surface area contributed by atoms with Crippen LogP contribution < -0.4 is 11.0 Å². The lowest BCUT2D eigenvalue weighted by molar-refractivity contribution is 0.145. The Morgan fingerprint density at radius 3 is 2.56 bits per heavy atom. The van der Waals surface area contributed by atoms with Crippen molar-refractivity contribution in [3.63, 3.8) is 0 Å². The van der Waals surface area contributed by atoms with E-state index in [-0.39, 0.29) is 5.69 Å². The number of aryl methyl sites for hydroxylation is 1. The van der Waals surface area contributed by atoms with E-state index < -0.39 is 0 Å². The molecule has 5 nitrogen and oxygen atoms in total. The van der Waals surface area contributed by atoms with Crippen molar-refractivity contribution in [3.8, 4) is 0 Å². The molecule has 0 aromatic carbocycles. The smallest absolute Gasteiger partial charge is 0.328 e. The van der Waals surface area contributed by atoms with Crippen LogP contribution in [0.4, 0.5) is 0 Å². The minimum atomic E-state index is 0.0907. The van der Waals surface area contributed by atoms with E-state index in [4.69, 9.17) is 4.74 Å². The van der Waals surface area contributed by atoms with Gasteiger partial charge in [0.1, 0.15) is 0 Å². The third kappa shape index (κ3) is 5.06. The maximum Gasteiger partial charge on any atom is 0.328 e. The Balaban J connectivity index is 2.17. The van der Waals surface area contributed by atoms with Gasteiger partial charge in [-0.3, -0.25) is 9.13 Å². The fourth-order valence-corrected chi connectivity index (χ4v) is 1.80. The summed E-state index contributed by atoms with van der Waals surface area (Å²) in [5.41, 5.74) is 0.0907. The molecule has 5 heteroatoms. The lowest BCUT2D eigenvalue weighted by Gasteiger charge is -2.05.